The summed E-state index contributed by atoms with van der Waals surface area (Å²) in [6.07, 6.45) is 15.7. The third-order valence-corrected chi connectivity index (χ3v) is 6.71. The molecule has 1 fully saturated rings. The Kier molecular flexibility index (Phi) is 4.89. The van der Waals surface area contributed by atoms with Crippen LogP contribution in [0.3, 0.4) is 0 Å². The summed E-state index contributed by atoms with van der Waals surface area (Å²) in [5.41, 5.74) is 10.8. The van der Waals surface area contributed by atoms with Crippen molar-refractivity contribution in [2.45, 2.75) is 25.8 Å². The molecular formula is C24H24N4OS. The topological polar surface area (TPSA) is 62.5 Å². The number of fused-ring (bicyclic) bond motifs is 2. The molecule has 2 aromatic rings. The molecule has 0 saturated carbocycles. The minimum atomic E-state index is -0.0503. The van der Waals surface area contributed by atoms with Crippen LogP contribution in [0.5, 0.6) is 0 Å². The highest BCUT2D eigenvalue weighted by Gasteiger charge is 2.23. The molecule has 1 aromatic heterocycles. The Morgan fingerprint density at radius 3 is 2.77 bits per heavy atom. The number of aryl methyl sites for hydroxylation is 1. The normalized spacial score (nSPS) is 21.7. The molecule has 2 N–H and O–H groups in total. The lowest BCUT2D eigenvalue weighted by atomic mass is 10.0. The zero-order valence-corrected chi connectivity index (χ0v) is 17.7. The van der Waals surface area contributed by atoms with E-state index in [9.17, 15) is 4.79 Å². The molecule has 0 spiro atoms. The van der Waals surface area contributed by atoms with Gasteiger partial charge in [0.2, 0.25) is 0 Å². The molecule has 0 aliphatic carbocycles. The van der Waals surface area contributed by atoms with Gasteiger partial charge in [0.05, 0.1) is 20.9 Å². The maximum absolute atomic E-state index is 13.2. The number of likely N-dealkylation sites (tertiary alicyclic amines) is 1. The summed E-state index contributed by atoms with van der Waals surface area (Å²) in [6, 6.07) is 6.48. The van der Waals surface area contributed by atoms with Gasteiger partial charge in [-0.25, -0.2) is 4.98 Å². The van der Waals surface area contributed by atoms with Crippen LogP contribution in [0.4, 0.5) is 0 Å². The van der Waals surface area contributed by atoms with Gasteiger partial charge in [-0.2, -0.15) is 0 Å². The van der Waals surface area contributed by atoms with Crippen molar-refractivity contribution in [3.8, 4) is 0 Å². The second kappa shape index (κ2) is 7.70. The van der Waals surface area contributed by atoms with Gasteiger partial charge in [0.15, 0.2) is 0 Å². The zero-order valence-electron chi connectivity index (χ0n) is 16.9. The van der Waals surface area contributed by atoms with E-state index in [0.717, 1.165) is 63.7 Å². The van der Waals surface area contributed by atoms with Crippen molar-refractivity contribution in [2.24, 2.45) is 5.73 Å². The number of nitrogens with two attached hydrogens (primary N) is 1. The second-order valence-electron chi connectivity index (χ2n) is 7.89. The van der Waals surface area contributed by atoms with Crippen LogP contribution in [0.25, 0.3) is 15.8 Å². The summed E-state index contributed by atoms with van der Waals surface area (Å²) in [7, 11) is 0. The van der Waals surface area contributed by atoms with Gasteiger partial charge < -0.3 is 10.6 Å². The molecule has 152 valence electrons. The number of rotatable bonds is 2. The van der Waals surface area contributed by atoms with E-state index in [1.54, 1.807) is 22.3 Å². The van der Waals surface area contributed by atoms with E-state index in [1.807, 2.05) is 37.4 Å². The molecule has 4 heterocycles. The molecule has 3 aliphatic rings. The quantitative estimate of drug-likeness (QED) is 0.801. The molecule has 0 atom stereocenters. The Labute approximate surface area is 180 Å². The summed E-state index contributed by atoms with van der Waals surface area (Å²) in [5.74, 6) is -0.0503. The molecule has 3 aliphatic heterocycles. The first-order valence-electron chi connectivity index (χ1n) is 10.3. The van der Waals surface area contributed by atoms with Crippen molar-refractivity contribution in [1.29, 1.82) is 0 Å². The van der Waals surface area contributed by atoms with Crippen molar-refractivity contribution in [3.05, 3.63) is 82.8 Å². The van der Waals surface area contributed by atoms with Crippen LogP contribution in [0.1, 0.15) is 23.4 Å². The van der Waals surface area contributed by atoms with Gasteiger partial charge in [-0.1, -0.05) is 18.2 Å². The summed E-state index contributed by atoms with van der Waals surface area (Å²) < 4.78 is 1.16. The number of allylic oxidation sites excluding steroid dienone is 6. The third-order valence-electron chi connectivity index (χ3n) is 5.76. The summed E-state index contributed by atoms with van der Waals surface area (Å²) >= 11 is 1.68. The molecule has 6 heteroatoms. The molecule has 1 saturated heterocycles. The monoisotopic (exact) mass is 416 g/mol. The van der Waals surface area contributed by atoms with Crippen molar-refractivity contribution in [2.75, 3.05) is 13.1 Å². The summed E-state index contributed by atoms with van der Waals surface area (Å²) in [5, 5.41) is 1.05. The van der Waals surface area contributed by atoms with Crippen LogP contribution in [-0.4, -0.2) is 39.8 Å². The van der Waals surface area contributed by atoms with Crippen LogP contribution in [0, 0.1) is 6.92 Å². The van der Waals surface area contributed by atoms with Crippen LogP contribution in [-0.2, 0) is 4.79 Å². The smallest absolute Gasteiger partial charge is 0.255 e. The first-order chi connectivity index (χ1) is 14.6. The molecular weight excluding hydrogens is 392 g/mol. The summed E-state index contributed by atoms with van der Waals surface area (Å²) in [4.78, 5) is 21.8. The number of hydrogen-bond acceptors (Lipinski definition) is 5. The maximum Gasteiger partial charge on any atom is 0.255 e. The van der Waals surface area contributed by atoms with Gasteiger partial charge in [0, 0.05) is 37.1 Å². The number of carbonyl (C=O) groups excluding carboxylic acids is 1. The Morgan fingerprint density at radius 1 is 1.13 bits per heavy atom. The largest absolute Gasteiger partial charge is 0.370 e. The highest BCUT2D eigenvalue weighted by atomic mass is 32.1. The second-order valence-corrected chi connectivity index (χ2v) is 9.12. The predicted octanol–water partition coefficient (Wildman–Crippen LogP) is 4.10. The Bertz CT molecular complexity index is 1160. The molecule has 1 aromatic carbocycles. The van der Waals surface area contributed by atoms with Crippen LogP contribution in [0.2, 0.25) is 0 Å². The lowest BCUT2D eigenvalue weighted by Crippen LogP contribution is -2.40. The molecule has 0 bridgehead atoms. The summed E-state index contributed by atoms with van der Waals surface area (Å²) in [6.45, 7) is 3.86. The number of nitrogens with zero attached hydrogens (tertiary/aromatic N) is 3. The predicted molar refractivity (Wildman–Crippen MR) is 122 cm³/mol. The molecule has 5 rings (SSSR count). The van der Waals surface area contributed by atoms with Crippen molar-refractivity contribution < 1.29 is 4.79 Å². The average molecular weight is 417 g/mol. The SMILES string of the molecule is Cc1nc2cc(C3=CC(=O)N4C=C(N5CCC(N)CC5)C=C/C4=C\C=C3)ccc2s1. The van der Waals surface area contributed by atoms with Gasteiger partial charge >= 0.3 is 0 Å². The molecule has 30 heavy (non-hydrogen) atoms. The number of carbonyl (C=O) groups is 1. The number of aromatic nitrogens is 1. The Morgan fingerprint density at radius 2 is 1.93 bits per heavy atom. The van der Waals surface area contributed by atoms with Gasteiger partial charge in [-0.15, -0.1) is 11.3 Å². The van der Waals surface area contributed by atoms with E-state index in [0.29, 0.717) is 0 Å². The van der Waals surface area contributed by atoms with Crippen molar-refractivity contribution in [3.63, 3.8) is 0 Å². The minimum Gasteiger partial charge on any atom is -0.370 e. The number of hydrogen-bond donors (Lipinski definition) is 1. The lowest BCUT2D eigenvalue weighted by molar-refractivity contribution is -0.122. The molecule has 0 radical (unpaired) electrons. The first-order valence-corrected chi connectivity index (χ1v) is 11.1. The van der Waals surface area contributed by atoms with E-state index in [1.165, 1.54) is 0 Å². The van der Waals surface area contributed by atoms with Gasteiger partial charge in [-0.05, 0) is 61.3 Å². The fourth-order valence-corrected chi connectivity index (χ4v) is 4.88. The number of amides is 1. The van der Waals surface area contributed by atoms with E-state index < -0.39 is 0 Å². The molecule has 1 amide bonds. The van der Waals surface area contributed by atoms with E-state index >= 15 is 0 Å². The maximum atomic E-state index is 13.2. The minimum absolute atomic E-state index is 0.0503. The van der Waals surface area contributed by atoms with E-state index in [4.69, 9.17) is 5.73 Å². The fourth-order valence-electron chi connectivity index (χ4n) is 4.08. The number of thiazole rings is 1. The molecule has 5 nitrogen and oxygen atoms in total. The first kappa shape index (κ1) is 19.0. The van der Waals surface area contributed by atoms with E-state index in [-0.39, 0.29) is 11.9 Å². The van der Waals surface area contributed by atoms with Crippen LogP contribution >= 0.6 is 11.3 Å². The highest BCUT2D eigenvalue weighted by Crippen LogP contribution is 2.29. The lowest BCUT2D eigenvalue weighted by Gasteiger charge is -2.35. The van der Waals surface area contributed by atoms with Gasteiger partial charge in [-0.3, -0.25) is 9.69 Å². The Hall–Kier alpha value is -2.96. The third kappa shape index (κ3) is 3.64. The number of piperidine rings is 1. The standard InChI is InChI=1S/C24H24N4OS/c1-16-26-22-13-18(5-8-23(22)30-16)17-3-2-4-20-6-7-21(15-28(20)24(29)14-17)27-11-9-19(25)10-12-27/h2-8,13-15,19H,9-12,25H2,1H3/b3-2?,17-14?,20-4+. The molecule has 0 unspecified atom stereocenters. The van der Waals surface area contributed by atoms with Gasteiger partial charge in [0.1, 0.15) is 0 Å². The average Bonchev–Trinajstić information content (AvgIpc) is 3.11. The van der Waals surface area contributed by atoms with Crippen molar-refractivity contribution in [1.82, 2.24) is 14.8 Å². The van der Waals surface area contributed by atoms with Crippen molar-refractivity contribution >= 4 is 33.0 Å². The van der Waals surface area contributed by atoms with Crippen LogP contribution < -0.4 is 5.73 Å². The van der Waals surface area contributed by atoms with Gasteiger partial charge in [0.25, 0.3) is 5.91 Å². The highest BCUT2D eigenvalue weighted by molar-refractivity contribution is 7.18. The fraction of sp³-hybridized carbons (Fsp3) is 0.250. The zero-order chi connectivity index (χ0) is 20.7. The van der Waals surface area contributed by atoms with E-state index in [2.05, 4.69) is 34.2 Å². The Balaban J connectivity index is 1.46. The van der Waals surface area contributed by atoms with Crippen LogP contribution in [0.15, 0.2) is 72.2 Å². The number of benzene rings is 1.